The van der Waals surface area contributed by atoms with Gasteiger partial charge in [0.1, 0.15) is 0 Å². The van der Waals surface area contributed by atoms with E-state index >= 15 is 0 Å². The molecule has 0 spiro atoms. The van der Waals surface area contributed by atoms with E-state index in [1.165, 1.54) is 22.3 Å². The predicted molar refractivity (Wildman–Crippen MR) is 216 cm³/mol. The summed E-state index contributed by atoms with van der Waals surface area (Å²) in [6.45, 7) is 9.50. The number of aliphatic hydroxyl groups is 1. The highest BCUT2D eigenvalue weighted by Gasteiger charge is 2.35. The van der Waals surface area contributed by atoms with Crippen molar-refractivity contribution >= 4 is 24.1 Å². The fourth-order valence-corrected chi connectivity index (χ4v) is 6.20. The number of rotatable bonds is 10. The molecule has 4 aromatic carbocycles. The third-order valence-corrected chi connectivity index (χ3v) is 10.1. The summed E-state index contributed by atoms with van der Waals surface area (Å²) >= 11 is 0. The molecule has 1 atom stereocenters. The number of nitrogens with zero attached hydrogens (tertiary/aromatic N) is 3. The minimum absolute atomic E-state index is 0.554. The highest BCUT2D eigenvalue weighted by atomic mass is 16.5. The van der Waals surface area contributed by atoms with Gasteiger partial charge in [-0.05, 0) is 111 Å². The molecule has 1 N–H and O–H groups in total. The van der Waals surface area contributed by atoms with Crippen LogP contribution in [0.4, 0.5) is 0 Å². The molecule has 0 saturated heterocycles. The Balaban J connectivity index is 1.29. The van der Waals surface area contributed by atoms with Gasteiger partial charge in [0.05, 0.1) is 11.2 Å². The summed E-state index contributed by atoms with van der Waals surface area (Å²) in [7, 11) is 1.69. The van der Waals surface area contributed by atoms with Crippen LogP contribution in [-0.4, -0.2) is 38.7 Å². The molecule has 1 heterocycles. The van der Waals surface area contributed by atoms with Crippen LogP contribution in [0.25, 0.3) is 56.4 Å². The van der Waals surface area contributed by atoms with E-state index in [1.54, 1.807) is 21.3 Å². The number of benzene rings is 4. The van der Waals surface area contributed by atoms with Gasteiger partial charge in [0, 0.05) is 16.7 Å². The summed E-state index contributed by atoms with van der Waals surface area (Å²) in [5, 5.41) is 10.6. The van der Waals surface area contributed by atoms with Crippen molar-refractivity contribution in [1.29, 1.82) is 0 Å². The van der Waals surface area contributed by atoms with Crippen molar-refractivity contribution in [3.63, 3.8) is 0 Å². The summed E-state index contributed by atoms with van der Waals surface area (Å²) in [5.74, 6) is 2.32. The van der Waals surface area contributed by atoms with Gasteiger partial charge >= 0.3 is 7.48 Å². The van der Waals surface area contributed by atoms with E-state index < -0.39 is 11.2 Å². The second kappa shape index (κ2) is 14.8. The first-order chi connectivity index (χ1) is 25.0. The average molecular weight is 683 g/mol. The Kier molecular flexibility index (Phi) is 10.0. The first-order valence-electron chi connectivity index (χ1n) is 18.2. The van der Waals surface area contributed by atoms with E-state index in [2.05, 4.69) is 85.8 Å². The normalized spacial score (nSPS) is 16.0. The molecule has 2 aliphatic rings. The number of allylic oxidation sites excluding steroid dienone is 8. The maximum Gasteiger partial charge on any atom is 0.330 e. The molecule has 259 valence electrons. The molecule has 0 saturated carbocycles. The molecule has 0 aliphatic heterocycles. The second-order valence-electron chi connectivity index (χ2n) is 14.9. The number of hydrogen-bond acceptors (Lipinski definition) is 5. The SMILES string of the molecule is CC1C=CC(c2cc(C3=CCCC=C3)cc(-c3cccc(-c4nc(-c5ccccc5)nc(-c5cccc([B]OC(C)(C)C(C)(C)O)c5)n4)c3)c2)=CC1. The van der Waals surface area contributed by atoms with Crippen LogP contribution in [0, 0.1) is 5.92 Å². The lowest BCUT2D eigenvalue weighted by Crippen LogP contribution is -2.49. The third-order valence-electron chi connectivity index (χ3n) is 10.1. The molecular weight excluding hydrogens is 637 g/mol. The third kappa shape index (κ3) is 7.99. The quantitative estimate of drug-likeness (QED) is 0.149. The molecule has 0 fully saturated rings. The molecule has 6 heteroatoms. The van der Waals surface area contributed by atoms with Crippen molar-refractivity contribution in [3.8, 4) is 45.3 Å². The van der Waals surface area contributed by atoms with E-state index in [-0.39, 0.29) is 0 Å². The molecule has 0 bridgehead atoms. The molecule has 5 aromatic rings. The molecule has 1 aromatic heterocycles. The maximum absolute atomic E-state index is 10.6. The summed E-state index contributed by atoms with van der Waals surface area (Å²) in [4.78, 5) is 15.0. The van der Waals surface area contributed by atoms with E-state index in [4.69, 9.17) is 19.6 Å². The molecule has 1 unspecified atom stereocenters. The molecule has 0 amide bonds. The Bertz CT molecular complexity index is 2210. The molecule has 52 heavy (non-hydrogen) atoms. The lowest BCUT2D eigenvalue weighted by Gasteiger charge is -2.37. The number of hydrogen-bond donors (Lipinski definition) is 1. The summed E-state index contributed by atoms with van der Waals surface area (Å²) in [6, 6.07) is 33.4. The van der Waals surface area contributed by atoms with Crippen molar-refractivity contribution in [1.82, 2.24) is 15.0 Å². The van der Waals surface area contributed by atoms with Gasteiger partial charge in [-0.25, -0.2) is 15.0 Å². The van der Waals surface area contributed by atoms with Crippen LogP contribution >= 0.6 is 0 Å². The molecule has 7 rings (SSSR count). The van der Waals surface area contributed by atoms with Gasteiger partial charge in [-0.15, -0.1) is 0 Å². The first kappa shape index (κ1) is 35.2. The fourth-order valence-electron chi connectivity index (χ4n) is 6.20. The fraction of sp³-hybridized carbons (Fsp3) is 0.239. The van der Waals surface area contributed by atoms with E-state index in [9.17, 15) is 5.11 Å². The van der Waals surface area contributed by atoms with Crippen molar-refractivity contribution < 1.29 is 9.76 Å². The Labute approximate surface area is 308 Å². The smallest absolute Gasteiger partial charge is 0.330 e. The minimum atomic E-state index is -1.03. The predicted octanol–water partition coefficient (Wildman–Crippen LogP) is 10.1. The lowest BCUT2D eigenvalue weighted by atomic mass is 9.82. The largest absolute Gasteiger partial charge is 0.427 e. The van der Waals surface area contributed by atoms with Gasteiger partial charge in [-0.3, -0.25) is 0 Å². The zero-order valence-corrected chi connectivity index (χ0v) is 30.7. The Morgan fingerprint density at radius 2 is 1.19 bits per heavy atom. The minimum Gasteiger partial charge on any atom is -0.427 e. The van der Waals surface area contributed by atoms with Gasteiger partial charge in [0.15, 0.2) is 17.5 Å². The molecule has 1 radical (unpaired) electrons. The van der Waals surface area contributed by atoms with Gasteiger partial charge in [0.2, 0.25) is 0 Å². The highest BCUT2D eigenvalue weighted by Crippen LogP contribution is 2.35. The Morgan fingerprint density at radius 1 is 0.615 bits per heavy atom. The van der Waals surface area contributed by atoms with Gasteiger partial charge in [-0.1, -0.05) is 122 Å². The maximum atomic E-state index is 10.6. The lowest BCUT2D eigenvalue weighted by molar-refractivity contribution is -0.0893. The zero-order chi connectivity index (χ0) is 36.3. The number of aromatic nitrogens is 3. The molecule has 2 aliphatic carbocycles. The Morgan fingerprint density at radius 3 is 1.83 bits per heavy atom. The monoisotopic (exact) mass is 682 g/mol. The standard InChI is InChI=1S/C46H45BN3O2/c1-31-22-24-33(25-23-31)39-27-38(32-14-8-6-9-15-32)28-40(29-39)35-18-12-19-36(26-35)43-48-42(34-16-10-7-11-17-34)49-44(50-43)37-20-13-21-41(30-37)47-52-46(4,5)45(2,3)51/h7-8,10-22,24-31,51H,6,9,23H2,1-5H3. The topological polar surface area (TPSA) is 68.1 Å². The van der Waals surface area contributed by atoms with Crippen LogP contribution in [0.15, 0.2) is 134 Å². The van der Waals surface area contributed by atoms with Crippen LogP contribution in [0.3, 0.4) is 0 Å². The summed E-state index contributed by atoms with van der Waals surface area (Å²) < 4.78 is 6.07. The second-order valence-corrected chi connectivity index (χ2v) is 14.9. The van der Waals surface area contributed by atoms with Crippen LogP contribution in [0.5, 0.6) is 0 Å². The Hall–Kier alpha value is -5.17. The summed E-state index contributed by atoms with van der Waals surface area (Å²) in [6.07, 6.45) is 17.0. The van der Waals surface area contributed by atoms with Crippen LogP contribution < -0.4 is 5.46 Å². The average Bonchev–Trinajstić information content (AvgIpc) is 3.17. The summed E-state index contributed by atoms with van der Waals surface area (Å²) in [5.41, 5.74) is 8.91. The van der Waals surface area contributed by atoms with Crippen LogP contribution in [-0.2, 0) is 4.65 Å². The zero-order valence-electron chi connectivity index (χ0n) is 30.7. The first-order valence-corrected chi connectivity index (χ1v) is 18.2. The molecule has 5 nitrogen and oxygen atoms in total. The highest BCUT2D eigenvalue weighted by molar-refractivity contribution is 6.47. The van der Waals surface area contributed by atoms with Crippen molar-refractivity contribution in [3.05, 3.63) is 145 Å². The van der Waals surface area contributed by atoms with Gasteiger partial charge in [0.25, 0.3) is 0 Å². The van der Waals surface area contributed by atoms with Crippen LogP contribution in [0.2, 0.25) is 0 Å². The van der Waals surface area contributed by atoms with Crippen LogP contribution in [0.1, 0.15) is 65.0 Å². The molecular formula is C46H45BN3O2. The van der Waals surface area contributed by atoms with E-state index in [0.717, 1.165) is 52.5 Å². The van der Waals surface area contributed by atoms with Crippen molar-refractivity contribution in [2.45, 2.75) is 65.1 Å². The van der Waals surface area contributed by atoms with E-state index in [0.29, 0.717) is 23.4 Å². The van der Waals surface area contributed by atoms with Gasteiger partial charge < -0.3 is 9.76 Å². The van der Waals surface area contributed by atoms with Crippen molar-refractivity contribution in [2.24, 2.45) is 5.92 Å². The van der Waals surface area contributed by atoms with E-state index in [1.807, 2.05) is 68.4 Å². The van der Waals surface area contributed by atoms with Gasteiger partial charge in [-0.2, -0.15) is 0 Å². The van der Waals surface area contributed by atoms with Crippen molar-refractivity contribution in [2.75, 3.05) is 0 Å².